The normalized spacial score (nSPS) is 29.1. The monoisotopic (exact) mass is 550 g/mol. The molecule has 2 amide bonds. The highest BCUT2D eigenvalue weighted by Crippen LogP contribution is 2.45. The number of aromatic nitrogens is 2. The summed E-state index contributed by atoms with van der Waals surface area (Å²) in [6.45, 7) is 10.9. The van der Waals surface area contributed by atoms with Crippen LogP contribution in [0.15, 0.2) is 4.52 Å². The van der Waals surface area contributed by atoms with Crippen molar-refractivity contribution in [1.29, 1.82) is 0 Å². The van der Waals surface area contributed by atoms with Gasteiger partial charge in [0.15, 0.2) is 5.82 Å². The first-order valence-electron chi connectivity index (χ1n) is 14.8. The first kappa shape index (κ1) is 28.3. The van der Waals surface area contributed by atoms with Crippen LogP contribution in [-0.2, 0) is 14.9 Å². The van der Waals surface area contributed by atoms with E-state index in [4.69, 9.17) is 14.2 Å². The number of halogens is 2. The number of hydrogen-bond donors (Lipinski definition) is 0. The highest BCUT2D eigenvalue weighted by Gasteiger charge is 2.52. The van der Waals surface area contributed by atoms with Crippen LogP contribution in [-0.4, -0.2) is 68.6 Å². The van der Waals surface area contributed by atoms with E-state index in [0.29, 0.717) is 50.5 Å². The number of fused-ring (bicyclic) bond motifs is 3. The van der Waals surface area contributed by atoms with Gasteiger partial charge in [-0.1, -0.05) is 19.0 Å². The van der Waals surface area contributed by atoms with E-state index < -0.39 is 17.6 Å². The van der Waals surface area contributed by atoms with Gasteiger partial charge < -0.3 is 14.2 Å². The molecule has 39 heavy (non-hydrogen) atoms. The van der Waals surface area contributed by atoms with Crippen LogP contribution in [0.1, 0.15) is 116 Å². The highest BCUT2D eigenvalue weighted by molar-refractivity contribution is 5.87. The summed E-state index contributed by atoms with van der Waals surface area (Å²) >= 11 is 0. The molecule has 0 spiro atoms. The second kappa shape index (κ2) is 10.3. The van der Waals surface area contributed by atoms with Crippen molar-refractivity contribution in [3.63, 3.8) is 0 Å². The number of amides is 2. The van der Waals surface area contributed by atoms with Crippen LogP contribution in [0.3, 0.4) is 0 Å². The number of ether oxygens (including phenoxy) is 1. The number of nitrogens with zero attached hydrogens (tertiary/aromatic N) is 4. The molecule has 218 valence electrons. The van der Waals surface area contributed by atoms with E-state index >= 15 is 0 Å². The smallest absolute Gasteiger partial charge is 0.411 e. The molecule has 1 atom stereocenters. The Kier molecular flexibility index (Phi) is 7.46. The summed E-state index contributed by atoms with van der Waals surface area (Å²) in [6, 6.07) is -0.420. The van der Waals surface area contributed by atoms with Crippen LogP contribution in [0.25, 0.3) is 0 Å². The lowest BCUT2D eigenvalue weighted by Crippen LogP contribution is -2.64. The van der Waals surface area contributed by atoms with E-state index in [1.165, 1.54) is 0 Å². The fraction of sp³-hybridized carbons (Fsp3) is 0.862. The molecule has 2 saturated carbocycles. The Morgan fingerprint density at radius 2 is 1.62 bits per heavy atom. The predicted octanol–water partition coefficient (Wildman–Crippen LogP) is 6.06. The zero-order valence-electron chi connectivity index (χ0n) is 24.0. The first-order chi connectivity index (χ1) is 18.3. The van der Waals surface area contributed by atoms with E-state index in [1.807, 2.05) is 25.7 Å². The van der Waals surface area contributed by atoms with Gasteiger partial charge in [-0.25, -0.2) is 13.6 Å². The molecular formula is C29H44F2N4O4. The van der Waals surface area contributed by atoms with Gasteiger partial charge in [-0.2, -0.15) is 4.98 Å². The molecule has 8 nitrogen and oxygen atoms in total. The molecule has 2 bridgehead atoms. The van der Waals surface area contributed by atoms with Gasteiger partial charge in [-0.15, -0.1) is 0 Å². The molecule has 4 heterocycles. The molecule has 1 aromatic rings. The van der Waals surface area contributed by atoms with Gasteiger partial charge in [-0.3, -0.25) is 9.69 Å². The van der Waals surface area contributed by atoms with E-state index in [9.17, 15) is 18.4 Å². The number of likely N-dealkylation sites (tertiary alicyclic amines) is 1. The van der Waals surface area contributed by atoms with Crippen LogP contribution in [0.2, 0.25) is 0 Å². The molecule has 0 aromatic carbocycles. The number of carbonyl (C=O) groups excluding carboxylic acids is 2. The van der Waals surface area contributed by atoms with Crippen molar-refractivity contribution in [2.45, 2.75) is 134 Å². The summed E-state index contributed by atoms with van der Waals surface area (Å²) in [4.78, 5) is 35.6. The van der Waals surface area contributed by atoms with E-state index in [-0.39, 0.29) is 54.1 Å². The van der Waals surface area contributed by atoms with Gasteiger partial charge in [-0.05, 0) is 84.0 Å². The fourth-order valence-corrected chi connectivity index (χ4v) is 7.31. The van der Waals surface area contributed by atoms with Crippen molar-refractivity contribution < 1.29 is 27.6 Å². The lowest BCUT2D eigenvalue weighted by molar-refractivity contribution is -0.147. The van der Waals surface area contributed by atoms with Crippen LogP contribution >= 0.6 is 0 Å². The minimum atomic E-state index is -2.60. The molecule has 1 aromatic heterocycles. The van der Waals surface area contributed by atoms with E-state index in [0.717, 1.165) is 25.7 Å². The van der Waals surface area contributed by atoms with Gasteiger partial charge in [0.2, 0.25) is 17.7 Å². The summed E-state index contributed by atoms with van der Waals surface area (Å²) in [5.74, 6) is -1.25. The van der Waals surface area contributed by atoms with Crippen LogP contribution in [0.4, 0.5) is 13.6 Å². The number of alkyl halides is 2. The van der Waals surface area contributed by atoms with Gasteiger partial charge in [0.05, 0.1) is 0 Å². The lowest BCUT2D eigenvalue weighted by Gasteiger charge is -2.52. The quantitative estimate of drug-likeness (QED) is 0.453. The predicted molar refractivity (Wildman–Crippen MR) is 140 cm³/mol. The van der Waals surface area contributed by atoms with E-state index in [2.05, 4.69) is 19.0 Å². The Balaban J connectivity index is 1.29. The molecule has 5 fully saturated rings. The Bertz CT molecular complexity index is 1040. The molecule has 2 aliphatic carbocycles. The first-order valence-corrected chi connectivity index (χ1v) is 14.8. The van der Waals surface area contributed by atoms with E-state index in [1.54, 1.807) is 4.90 Å². The van der Waals surface area contributed by atoms with Gasteiger partial charge in [0.1, 0.15) is 11.6 Å². The number of hydrogen-bond acceptors (Lipinski definition) is 6. The average Bonchev–Trinajstić information content (AvgIpc) is 3.38. The Hall–Kier alpha value is -2.26. The number of carbonyl (C=O) groups is 2. The molecule has 0 radical (unpaired) electrons. The van der Waals surface area contributed by atoms with Crippen LogP contribution < -0.4 is 0 Å². The van der Waals surface area contributed by atoms with Crippen molar-refractivity contribution in [2.24, 2.45) is 11.8 Å². The number of rotatable bonds is 4. The lowest BCUT2D eigenvalue weighted by atomic mass is 9.69. The van der Waals surface area contributed by atoms with Crippen molar-refractivity contribution >= 4 is 12.0 Å². The third-order valence-corrected chi connectivity index (χ3v) is 9.76. The molecule has 3 saturated heterocycles. The molecule has 5 aliphatic rings. The molecule has 10 heteroatoms. The van der Waals surface area contributed by atoms with Crippen molar-refractivity contribution in [3.8, 4) is 0 Å². The molecule has 0 N–H and O–H groups in total. The molecular weight excluding hydrogens is 506 g/mol. The molecule has 0 unspecified atom stereocenters. The summed E-state index contributed by atoms with van der Waals surface area (Å²) in [6.07, 6.45) is 5.15. The van der Waals surface area contributed by atoms with Crippen molar-refractivity contribution in [2.75, 3.05) is 13.1 Å². The van der Waals surface area contributed by atoms with Crippen molar-refractivity contribution in [1.82, 2.24) is 19.9 Å². The van der Waals surface area contributed by atoms with Gasteiger partial charge >= 0.3 is 6.09 Å². The largest absolute Gasteiger partial charge is 0.444 e. The topological polar surface area (TPSA) is 88.8 Å². The van der Waals surface area contributed by atoms with Crippen LogP contribution in [0.5, 0.6) is 0 Å². The van der Waals surface area contributed by atoms with Crippen molar-refractivity contribution in [3.05, 3.63) is 11.7 Å². The standard InChI is InChI=1S/C29H44F2N4O4/c1-18(2)28(25-32-23(39-33-25)20-10-12-29(30,31)13-11-20)14-16-34(17-15-28)24(36)22-19-6-8-21(9-7-19)35(22)26(37)38-27(3,4)5/h18-22H,6-17H2,1-5H3/t19?,21?,22-/m0/s1. The summed E-state index contributed by atoms with van der Waals surface area (Å²) in [5.41, 5.74) is -0.973. The minimum Gasteiger partial charge on any atom is -0.444 e. The minimum absolute atomic E-state index is 0.0181. The fourth-order valence-electron chi connectivity index (χ4n) is 7.31. The average molecular weight is 551 g/mol. The third-order valence-electron chi connectivity index (χ3n) is 9.76. The SMILES string of the molecule is CC(C)C1(c2noc(C3CCC(F)(F)CC3)n2)CCN(C(=O)[C@@H]2C3CCC(CC3)N2C(=O)OC(C)(C)C)CC1. The summed E-state index contributed by atoms with van der Waals surface area (Å²) in [5, 5.41) is 4.36. The third kappa shape index (κ3) is 5.53. The maximum Gasteiger partial charge on any atom is 0.411 e. The maximum absolute atomic E-state index is 14.0. The Morgan fingerprint density at radius 3 is 2.18 bits per heavy atom. The van der Waals surface area contributed by atoms with Crippen LogP contribution in [0, 0.1) is 11.8 Å². The molecule has 6 rings (SSSR count). The van der Waals surface area contributed by atoms with Gasteiger partial charge in [0.25, 0.3) is 0 Å². The maximum atomic E-state index is 14.0. The Labute approximate surface area is 230 Å². The number of piperidine rings is 3. The Morgan fingerprint density at radius 1 is 1.00 bits per heavy atom. The second-order valence-electron chi connectivity index (χ2n) is 13.6. The molecule has 3 aliphatic heterocycles. The summed E-state index contributed by atoms with van der Waals surface area (Å²) in [7, 11) is 0. The second-order valence-corrected chi connectivity index (χ2v) is 13.6. The summed E-state index contributed by atoms with van der Waals surface area (Å²) < 4.78 is 38.7. The zero-order chi connectivity index (χ0) is 28.2. The van der Waals surface area contributed by atoms with Gasteiger partial charge in [0, 0.05) is 43.3 Å². The highest BCUT2D eigenvalue weighted by atomic mass is 19.3. The zero-order valence-corrected chi connectivity index (χ0v) is 24.0.